The van der Waals surface area contributed by atoms with Crippen LogP contribution in [0.15, 0.2) is 24.3 Å². The molecule has 0 radical (unpaired) electrons. The van der Waals surface area contributed by atoms with E-state index in [1.807, 2.05) is 31.0 Å². The molecular formula is C13H15NO4. The van der Waals surface area contributed by atoms with Crippen LogP contribution in [0.5, 0.6) is 11.5 Å². The van der Waals surface area contributed by atoms with E-state index in [1.54, 1.807) is 6.08 Å². The Balaban J connectivity index is 2.15. The third-order valence-electron chi connectivity index (χ3n) is 2.74. The molecule has 18 heavy (non-hydrogen) atoms. The summed E-state index contributed by atoms with van der Waals surface area (Å²) in [6, 6.07) is 3.83. The minimum absolute atomic E-state index is 0.251. The number of benzene rings is 1. The number of aryl methyl sites for hydroxylation is 1. The van der Waals surface area contributed by atoms with Crippen LogP contribution in [-0.2, 0) is 4.79 Å². The van der Waals surface area contributed by atoms with Gasteiger partial charge in [0.2, 0.25) is 6.79 Å². The van der Waals surface area contributed by atoms with Gasteiger partial charge < -0.3 is 19.5 Å². The molecule has 1 aliphatic rings. The van der Waals surface area contributed by atoms with E-state index in [1.165, 1.54) is 0 Å². The maximum Gasteiger partial charge on any atom is 0.328 e. The van der Waals surface area contributed by atoms with Gasteiger partial charge in [-0.3, -0.25) is 0 Å². The van der Waals surface area contributed by atoms with Crippen molar-refractivity contribution in [1.29, 1.82) is 0 Å². The van der Waals surface area contributed by atoms with E-state index < -0.39 is 5.97 Å². The number of anilines is 1. The van der Waals surface area contributed by atoms with Gasteiger partial charge in [-0.25, -0.2) is 4.79 Å². The zero-order valence-corrected chi connectivity index (χ0v) is 10.3. The van der Waals surface area contributed by atoms with Crippen molar-refractivity contribution in [2.45, 2.75) is 6.92 Å². The number of likely N-dealkylation sites (N-methyl/N-ethyl adjacent to an activating group) is 1. The molecule has 0 amide bonds. The van der Waals surface area contributed by atoms with Crippen LogP contribution in [0.3, 0.4) is 0 Å². The fourth-order valence-electron chi connectivity index (χ4n) is 1.85. The molecule has 5 nitrogen and oxygen atoms in total. The maximum absolute atomic E-state index is 10.4. The molecule has 5 heteroatoms. The fourth-order valence-corrected chi connectivity index (χ4v) is 1.85. The smallest absolute Gasteiger partial charge is 0.328 e. The second-order valence-corrected chi connectivity index (χ2v) is 4.11. The molecule has 1 heterocycles. The predicted octanol–water partition coefficient (Wildman–Crippen LogP) is 1.80. The normalized spacial score (nSPS) is 13.0. The zero-order chi connectivity index (χ0) is 13.1. The number of rotatable bonds is 4. The summed E-state index contributed by atoms with van der Waals surface area (Å²) in [6.45, 7) is 2.75. The molecule has 0 aliphatic carbocycles. The van der Waals surface area contributed by atoms with E-state index in [0.29, 0.717) is 6.54 Å². The van der Waals surface area contributed by atoms with E-state index >= 15 is 0 Å². The van der Waals surface area contributed by atoms with E-state index in [4.69, 9.17) is 14.6 Å². The predicted molar refractivity (Wildman–Crippen MR) is 67.3 cm³/mol. The van der Waals surface area contributed by atoms with Crippen LogP contribution in [0.2, 0.25) is 0 Å². The summed E-state index contributed by atoms with van der Waals surface area (Å²) < 4.78 is 10.6. The lowest BCUT2D eigenvalue weighted by atomic mass is 10.1. The van der Waals surface area contributed by atoms with Gasteiger partial charge in [0.15, 0.2) is 11.5 Å². The largest absolute Gasteiger partial charge is 0.478 e. The Morgan fingerprint density at radius 3 is 2.78 bits per heavy atom. The van der Waals surface area contributed by atoms with Crippen molar-refractivity contribution in [1.82, 2.24) is 0 Å². The third kappa shape index (κ3) is 2.56. The Labute approximate surface area is 105 Å². The molecule has 0 bridgehead atoms. The van der Waals surface area contributed by atoms with Crippen molar-refractivity contribution in [3.8, 4) is 11.5 Å². The molecule has 0 fully saturated rings. The molecular weight excluding hydrogens is 234 g/mol. The highest BCUT2D eigenvalue weighted by atomic mass is 16.7. The first-order valence-electron chi connectivity index (χ1n) is 5.59. The number of nitrogens with zero attached hydrogens (tertiary/aromatic N) is 1. The maximum atomic E-state index is 10.4. The summed E-state index contributed by atoms with van der Waals surface area (Å²) in [5.41, 5.74) is 2.06. The minimum atomic E-state index is -0.939. The SMILES string of the molecule is Cc1cc2c(cc1N(C)C/C=C/C(=O)O)OCO2. The second kappa shape index (κ2) is 5.00. The van der Waals surface area contributed by atoms with Crippen LogP contribution in [0.25, 0.3) is 0 Å². The summed E-state index contributed by atoms with van der Waals surface area (Å²) >= 11 is 0. The van der Waals surface area contributed by atoms with Crippen molar-refractivity contribution in [2.24, 2.45) is 0 Å². The number of carboxylic acid groups (broad SMARTS) is 1. The van der Waals surface area contributed by atoms with E-state index in [2.05, 4.69) is 0 Å². The molecule has 0 atom stereocenters. The number of fused-ring (bicyclic) bond motifs is 1. The lowest BCUT2D eigenvalue weighted by molar-refractivity contribution is -0.131. The van der Waals surface area contributed by atoms with Crippen LogP contribution < -0.4 is 14.4 Å². The zero-order valence-electron chi connectivity index (χ0n) is 10.3. The summed E-state index contributed by atoms with van der Waals surface area (Å²) in [5.74, 6) is 0.543. The van der Waals surface area contributed by atoms with Gasteiger partial charge in [0.1, 0.15) is 0 Å². The number of carboxylic acids is 1. The topological polar surface area (TPSA) is 59.0 Å². The molecule has 1 aliphatic heterocycles. The Hall–Kier alpha value is -2.17. The van der Waals surface area contributed by atoms with E-state index in [9.17, 15) is 4.79 Å². The van der Waals surface area contributed by atoms with Crippen LogP contribution in [-0.4, -0.2) is 31.5 Å². The van der Waals surface area contributed by atoms with Crippen molar-refractivity contribution >= 4 is 11.7 Å². The van der Waals surface area contributed by atoms with E-state index in [0.717, 1.165) is 28.8 Å². The number of aliphatic carboxylic acids is 1. The highest BCUT2D eigenvalue weighted by Crippen LogP contribution is 2.37. The average Bonchev–Trinajstić information content (AvgIpc) is 2.74. The van der Waals surface area contributed by atoms with Gasteiger partial charge in [0, 0.05) is 31.4 Å². The molecule has 1 aromatic carbocycles. The number of carbonyl (C=O) groups is 1. The van der Waals surface area contributed by atoms with Crippen molar-refractivity contribution in [3.63, 3.8) is 0 Å². The summed E-state index contributed by atoms with van der Waals surface area (Å²) in [4.78, 5) is 12.4. The van der Waals surface area contributed by atoms with Gasteiger partial charge in [0.05, 0.1) is 0 Å². The monoisotopic (exact) mass is 249 g/mol. The second-order valence-electron chi connectivity index (χ2n) is 4.11. The van der Waals surface area contributed by atoms with Crippen molar-refractivity contribution < 1.29 is 19.4 Å². The van der Waals surface area contributed by atoms with Gasteiger partial charge in [-0.05, 0) is 18.6 Å². The molecule has 0 saturated carbocycles. The Morgan fingerprint density at radius 2 is 2.11 bits per heavy atom. The Bertz CT molecular complexity index is 496. The first-order valence-corrected chi connectivity index (χ1v) is 5.59. The highest BCUT2D eigenvalue weighted by molar-refractivity contribution is 5.79. The molecule has 1 aromatic rings. The van der Waals surface area contributed by atoms with Gasteiger partial charge in [-0.1, -0.05) is 6.08 Å². The van der Waals surface area contributed by atoms with Crippen molar-refractivity contribution in [2.75, 3.05) is 25.3 Å². The minimum Gasteiger partial charge on any atom is -0.478 e. The van der Waals surface area contributed by atoms with Crippen LogP contribution >= 0.6 is 0 Å². The third-order valence-corrected chi connectivity index (χ3v) is 2.74. The average molecular weight is 249 g/mol. The van der Waals surface area contributed by atoms with Gasteiger partial charge in [0.25, 0.3) is 0 Å². The Kier molecular flexibility index (Phi) is 3.41. The molecule has 2 rings (SSSR count). The van der Waals surface area contributed by atoms with Crippen LogP contribution in [0.1, 0.15) is 5.56 Å². The molecule has 1 N–H and O–H groups in total. The van der Waals surface area contributed by atoms with Crippen molar-refractivity contribution in [3.05, 3.63) is 29.8 Å². The first-order chi connectivity index (χ1) is 8.58. The molecule has 0 spiro atoms. The van der Waals surface area contributed by atoms with Gasteiger partial charge in [-0.2, -0.15) is 0 Å². The summed E-state index contributed by atoms with van der Waals surface area (Å²) in [7, 11) is 1.90. The number of hydrogen-bond acceptors (Lipinski definition) is 4. The van der Waals surface area contributed by atoms with Crippen LogP contribution in [0, 0.1) is 6.92 Å². The molecule has 0 aromatic heterocycles. The lowest BCUT2D eigenvalue weighted by Gasteiger charge is -2.20. The lowest BCUT2D eigenvalue weighted by Crippen LogP contribution is -2.18. The van der Waals surface area contributed by atoms with Gasteiger partial charge in [-0.15, -0.1) is 0 Å². The first kappa shape index (κ1) is 12.3. The Morgan fingerprint density at radius 1 is 1.44 bits per heavy atom. The standard InChI is InChI=1S/C13H15NO4/c1-9-6-11-12(18-8-17-11)7-10(9)14(2)5-3-4-13(15)16/h3-4,6-7H,5,8H2,1-2H3,(H,15,16)/b4-3+. The fraction of sp³-hybridized carbons (Fsp3) is 0.308. The highest BCUT2D eigenvalue weighted by Gasteiger charge is 2.16. The van der Waals surface area contributed by atoms with E-state index in [-0.39, 0.29) is 6.79 Å². The quantitative estimate of drug-likeness (QED) is 0.824. The molecule has 0 unspecified atom stereocenters. The summed E-state index contributed by atoms with van der Waals surface area (Å²) in [5, 5.41) is 8.54. The molecule has 0 saturated heterocycles. The van der Waals surface area contributed by atoms with Gasteiger partial charge >= 0.3 is 5.97 Å². The summed E-state index contributed by atoms with van der Waals surface area (Å²) in [6.07, 6.45) is 2.74. The molecule has 96 valence electrons. The van der Waals surface area contributed by atoms with Crippen LogP contribution in [0.4, 0.5) is 5.69 Å². The number of ether oxygens (including phenoxy) is 2. The number of hydrogen-bond donors (Lipinski definition) is 1.